The van der Waals surface area contributed by atoms with Crippen LogP contribution in [0.4, 0.5) is 0 Å². The lowest BCUT2D eigenvalue weighted by Crippen LogP contribution is -2.08. The minimum atomic E-state index is -1.41. The molecule has 2 aromatic rings. The molecule has 0 amide bonds. The van der Waals surface area contributed by atoms with Crippen LogP contribution in [0, 0.1) is 6.92 Å². The molecule has 1 atom stereocenters. The molecule has 3 nitrogen and oxygen atoms in total. The molecule has 0 aliphatic rings. The first-order chi connectivity index (χ1) is 7.08. The van der Waals surface area contributed by atoms with Crippen LogP contribution >= 0.6 is 11.3 Å². The van der Waals surface area contributed by atoms with Crippen LogP contribution in [0.2, 0.25) is 0 Å². The van der Waals surface area contributed by atoms with Crippen molar-refractivity contribution in [1.29, 1.82) is 0 Å². The fraction of sp³-hybridized carbons (Fsp3) is 0.182. The Balaban J connectivity index is 2.51. The second-order valence-electron chi connectivity index (χ2n) is 3.43. The van der Waals surface area contributed by atoms with Crippen LogP contribution in [0.15, 0.2) is 24.3 Å². The van der Waals surface area contributed by atoms with E-state index in [0.717, 1.165) is 15.6 Å². The van der Waals surface area contributed by atoms with Crippen molar-refractivity contribution in [2.75, 3.05) is 0 Å². The number of aliphatic hydroxyl groups is 1. The average Bonchev–Trinajstić information content (AvgIpc) is 2.58. The van der Waals surface area contributed by atoms with Crippen LogP contribution in [0.3, 0.4) is 0 Å². The zero-order chi connectivity index (χ0) is 11.0. The highest BCUT2D eigenvalue weighted by atomic mass is 32.1. The van der Waals surface area contributed by atoms with Crippen molar-refractivity contribution in [3.63, 3.8) is 0 Å². The third-order valence-electron chi connectivity index (χ3n) is 2.19. The monoisotopic (exact) mass is 222 g/mol. The van der Waals surface area contributed by atoms with E-state index in [0.29, 0.717) is 4.88 Å². The van der Waals surface area contributed by atoms with Gasteiger partial charge in [0.1, 0.15) is 0 Å². The molecule has 1 aromatic carbocycles. The van der Waals surface area contributed by atoms with Gasteiger partial charge in [-0.15, -0.1) is 11.3 Å². The third kappa shape index (κ3) is 1.86. The van der Waals surface area contributed by atoms with E-state index in [-0.39, 0.29) is 0 Å². The van der Waals surface area contributed by atoms with Gasteiger partial charge in [-0.1, -0.05) is 17.7 Å². The molecule has 0 spiro atoms. The zero-order valence-corrected chi connectivity index (χ0v) is 8.91. The van der Waals surface area contributed by atoms with Gasteiger partial charge in [-0.3, -0.25) is 0 Å². The summed E-state index contributed by atoms with van der Waals surface area (Å²) < 4.78 is 0.996. The highest BCUT2D eigenvalue weighted by Crippen LogP contribution is 2.30. The lowest BCUT2D eigenvalue weighted by Gasteiger charge is -1.99. The molecule has 2 N–H and O–H groups in total. The van der Waals surface area contributed by atoms with Gasteiger partial charge in [0.25, 0.3) is 0 Å². The SMILES string of the molecule is Cc1ccc2sc(C(O)C(=O)O)cc2c1. The van der Waals surface area contributed by atoms with Gasteiger partial charge < -0.3 is 10.2 Å². The fourth-order valence-corrected chi connectivity index (χ4v) is 2.46. The van der Waals surface area contributed by atoms with E-state index in [4.69, 9.17) is 5.11 Å². The molecule has 1 heterocycles. The Hall–Kier alpha value is -1.39. The second kappa shape index (κ2) is 3.64. The van der Waals surface area contributed by atoms with Gasteiger partial charge in [-0.25, -0.2) is 4.79 Å². The number of aliphatic hydroxyl groups excluding tert-OH is 1. The van der Waals surface area contributed by atoms with E-state index in [1.54, 1.807) is 6.07 Å². The number of hydrogen-bond donors (Lipinski definition) is 2. The van der Waals surface area contributed by atoms with E-state index in [1.165, 1.54) is 11.3 Å². The summed E-state index contributed by atoms with van der Waals surface area (Å²) in [5, 5.41) is 19.0. The molecule has 0 saturated carbocycles. The summed E-state index contributed by atoms with van der Waals surface area (Å²) in [6.45, 7) is 1.98. The van der Waals surface area contributed by atoms with E-state index < -0.39 is 12.1 Å². The van der Waals surface area contributed by atoms with Crippen molar-refractivity contribution >= 4 is 27.4 Å². The van der Waals surface area contributed by atoms with Gasteiger partial charge in [-0.05, 0) is 24.4 Å². The number of aliphatic carboxylic acids is 1. The molecule has 78 valence electrons. The van der Waals surface area contributed by atoms with Crippen LogP contribution in [0.25, 0.3) is 10.1 Å². The molecule has 0 saturated heterocycles. The van der Waals surface area contributed by atoms with Crippen molar-refractivity contribution in [2.24, 2.45) is 0 Å². The number of carboxylic acids is 1. The van der Waals surface area contributed by atoms with Crippen molar-refractivity contribution < 1.29 is 15.0 Å². The first-order valence-corrected chi connectivity index (χ1v) is 5.30. The average molecular weight is 222 g/mol. The molecule has 0 aliphatic carbocycles. The molecule has 0 radical (unpaired) electrons. The molecule has 0 aliphatic heterocycles. The molecule has 15 heavy (non-hydrogen) atoms. The summed E-state index contributed by atoms with van der Waals surface area (Å²) in [5.74, 6) is -1.21. The molecule has 0 fully saturated rings. The van der Waals surface area contributed by atoms with Crippen LogP contribution < -0.4 is 0 Å². The molecular formula is C11H10O3S. The summed E-state index contributed by atoms with van der Waals surface area (Å²) in [6.07, 6.45) is -1.41. The van der Waals surface area contributed by atoms with E-state index in [1.807, 2.05) is 25.1 Å². The molecule has 1 unspecified atom stereocenters. The summed E-state index contributed by atoms with van der Waals surface area (Å²) in [6, 6.07) is 7.61. The standard InChI is InChI=1S/C11H10O3S/c1-6-2-3-8-7(4-6)5-9(15-8)10(12)11(13)14/h2-5,10,12H,1H3,(H,13,14). The highest BCUT2D eigenvalue weighted by Gasteiger charge is 2.18. The number of aryl methyl sites for hydroxylation is 1. The number of carboxylic acid groups (broad SMARTS) is 1. The number of rotatable bonds is 2. The minimum absolute atomic E-state index is 0.475. The van der Waals surface area contributed by atoms with Crippen LogP contribution in [-0.2, 0) is 4.79 Å². The first kappa shape index (κ1) is 10.1. The van der Waals surface area contributed by atoms with E-state index in [2.05, 4.69) is 0 Å². The maximum absolute atomic E-state index is 10.6. The molecule has 2 rings (SSSR count). The largest absolute Gasteiger partial charge is 0.479 e. The maximum Gasteiger partial charge on any atom is 0.338 e. The van der Waals surface area contributed by atoms with Gasteiger partial charge >= 0.3 is 5.97 Å². The predicted octanol–water partition coefficient (Wildman–Crippen LogP) is 2.33. The Kier molecular flexibility index (Phi) is 2.46. The van der Waals surface area contributed by atoms with Gasteiger partial charge in [0.2, 0.25) is 0 Å². The number of thiophene rings is 1. The van der Waals surface area contributed by atoms with Gasteiger partial charge in [0.15, 0.2) is 6.10 Å². The normalized spacial score (nSPS) is 12.9. The summed E-state index contributed by atoms with van der Waals surface area (Å²) >= 11 is 1.31. The number of hydrogen-bond acceptors (Lipinski definition) is 3. The summed E-state index contributed by atoms with van der Waals surface area (Å²) in [7, 11) is 0. The third-order valence-corrected chi connectivity index (χ3v) is 3.36. The van der Waals surface area contributed by atoms with Crippen molar-refractivity contribution in [1.82, 2.24) is 0 Å². The molecule has 0 bridgehead atoms. The van der Waals surface area contributed by atoms with E-state index in [9.17, 15) is 9.90 Å². The van der Waals surface area contributed by atoms with E-state index >= 15 is 0 Å². The molecule has 1 aromatic heterocycles. The van der Waals surface area contributed by atoms with Crippen LogP contribution in [-0.4, -0.2) is 16.2 Å². The lowest BCUT2D eigenvalue weighted by molar-refractivity contribution is -0.146. The van der Waals surface area contributed by atoms with Crippen molar-refractivity contribution in [2.45, 2.75) is 13.0 Å². The number of carbonyl (C=O) groups is 1. The minimum Gasteiger partial charge on any atom is -0.479 e. The number of benzene rings is 1. The predicted molar refractivity (Wildman–Crippen MR) is 59.2 cm³/mol. The Morgan fingerprint density at radius 3 is 2.80 bits per heavy atom. The Bertz CT molecular complexity index is 516. The first-order valence-electron chi connectivity index (χ1n) is 4.49. The molecule has 4 heteroatoms. The fourth-order valence-electron chi connectivity index (χ4n) is 1.44. The Morgan fingerprint density at radius 2 is 2.13 bits per heavy atom. The van der Waals surface area contributed by atoms with Crippen molar-refractivity contribution in [3.05, 3.63) is 34.7 Å². The van der Waals surface area contributed by atoms with Gasteiger partial charge in [0, 0.05) is 9.58 Å². The van der Waals surface area contributed by atoms with Crippen molar-refractivity contribution in [3.8, 4) is 0 Å². The van der Waals surface area contributed by atoms with Crippen LogP contribution in [0.5, 0.6) is 0 Å². The van der Waals surface area contributed by atoms with Gasteiger partial charge in [-0.2, -0.15) is 0 Å². The second-order valence-corrected chi connectivity index (χ2v) is 4.55. The maximum atomic E-state index is 10.6. The topological polar surface area (TPSA) is 57.5 Å². The Labute approximate surface area is 90.6 Å². The quantitative estimate of drug-likeness (QED) is 0.819. The lowest BCUT2D eigenvalue weighted by atomic mass is 10.2. The highest BCUT2D eigenvalue weighted by molar-refractivity contribution is 7.19. The summed E-state index contributed by atoms with van der Waals surface area (Å²) in [5.41, 5.74) is 1.12. The van der Waals surface area contributed by atoms with Crippen LogP contribution in [0.1, 0.15) is 16.5 Å². The molecular weight excluding hydrogens is 212 g/mol. The zero-order valence-electron chi connectivity index (χ0n) is 8.10. The summed E-state index contributed by atoms with van der Waals surface area (Å²) in [4.78, 5) is 11.1. The van der Waals surface area contributed by atoms with Gasteiger partial charge in [0.05, 0.1) is 0 Å². The smallest absolute Gasteiger partial charge is 0.338 e. The number of fused-ring (bicyclic) bond motifs is 1. The Morgan fingerprint density at radius 1 is 1.40 bits per heavy atom.